The van der Waals surface area contributed by atoms with Crippen molar-refractivity contribution < 1.29 is 21.8 Å². The van der Waals surface area contributed by atoms with E-state index in [0.29, 0.717) is 5.69 Å². The number of carbonyl (C=O) groups is 1. The number of benzene rings is 1. The van der Waals surface area contributed by atoms with Crippen LogP contribution >= 0.6 is 15.9 Å². The van der Waals surface area contributed by atoms with E-state index in [1.807, 2.05) is 0 Å². The Bertz CT molecular complexity index is 464. The Morgan fingerprint density at radius 3 is 2.62 bits per heavy atom. The molecule has 0 saturated carbocycles. The molecule has 1 aromatic rings. The Labute approximate surface area is 103 Å². The number of hydrogen-bond acceptors (Lipinski definition) is 4. The van der Waals surface area contributed by atoms with Gasteiger partial charge in [0.25, 0.3) is 0 Å². The van der Waals surface area contributed by atoms with E-state index in [1.54, 1.807) is 0 Å². The zero-order valence-electron chi connectivity index (χ0n) is 8.18. The van der Waals surface area contributed by atoms with Gasteiger partial charge in [-0.3, -0.25) is 0 Å². The van der Waals surface area contributed by atoms with Gasteiger partial charge in [-0.1, -0.05) is 0 Å². The first-order chi connectivity index (χ1) is 7.36. The molecule has 8 heteroatoms. The molecule has 3 N–H and O–H groups in total. The summed E-state index contributed by atoms with van der Waals surface area (Å²) < 4.78 is 24.5. The molecule has 0 aromatic heterocycles. The van der Waals surface area contributed by atoms with Crippen molar-refractivity contribution in [3.63, 3.8) is 0 Å². The van der Waals surface area contributed by atoms with Crippen molar-refractivity contribution in [3.05, 3.63) is 22.7 Å². The summed E-state index contributed by atoms with van der Waals surface area (Å²) in [6.45, 7) is 1.35. The van der Waals surface area contributed by atoms with Crippen LogP contribution in [0.25, 0.3) is 0 Å². The van der Waals surface area contributed by atoms with E-state index in [0.717, 1.165) is 0 Å². The molecule has 16 heavy (non-hydrogen) atoms. The van der Waals surface area contributed by atoms with Crippen LogP contribution < -0.4 is 9.67 Å². The molecule has 1 atom stereocenters. The van der Waals surface area contributed by atoms with Gasteiger partial charge in [-0.2, -0.15) is 0 Å². The van der Waals surface area contributed by atoms with Crippen LogP contribution in [0.3, 0.4) is 0 Å². The SMILES string of the molecule is CC(=O)Nc1ccc([As](=O)(O)OO)c(Br)c1. The van der Waals surface area contributed by atoms with Crippen molar-refractivity contribution in [3.8, 4) is 0 Å². The van der Waals surface area contributed by atoms with Crippen LogP contribution in [0.5, 0.6) is 0 Å². The average molecular weight is 354 g/mol. The molecule has 0 saturated heterocycles. The number of hydrogen-bond donors (Lipinski definition) is 3. The van der Waals surface area contributed by atoms with Crippen molar-refractivity contribution in [2.45, 2.75) is 6.92 Å². The molecular formula is C8H9AsBrNO5. The Kier molecular flexibility index (Phi) is 4.34. The summed E-state index contributed by atoms with van der Waals surface area (Å²) in [5.41, 5.74) is 0.469. The van der Waals surface area contributed by atoms with E-state index in [4.69, 9.17) is 5.26 Å². The van der Waals surface area contributed by atoms with Crippen LogP contribution in [0, 0.1) is 0 Å². The molecule has 0 bridgehead atoms. The summed E-state index contributed by atoms with van der Waals surface area (Å²) in [6.07, 6.45) is 0. The number of carbonyl (C=O) groups excluding carboxylic acids is 1. The molecule has 0 fully saturated rings. The third kappa shape index (κ3) is 3.20. The van der Waals surface area contributed by atoms with Crippen LogP contribution in [0.15, 0.2) is 22.7 Å². The first-order valence-corrected chi connectivity index (χ1v) is 8.21. The van der Waals surface area contributed by atoms with Gasteiger partial charge in [0, 0.05) is 0 Å². The van der Waals surface area contributed by atoms with Crippen LogP contribution in [0.4, 0.5) is 5.69 Å². The molecule has 0 aliphatic rings. The second-order valence-corrected chi connectivity index (χ2v) is 7.34. The van der Waals surface area contributed by atoms with E-state index >= 15 is 0 Å². The summed E-state index contributed by atoms with van der Waals surface area (Å²) in [5.74, 6) is -0.254. The summed E-state index contributed by atoms with van der Waals surface area (Å²) in [7, 11) is 0. The molecular weight excluding hydrogens is 345 g/mol. The molecule has 0 heterocycles. The van der Waals surface area contributed by atoms with Crippen molar-refractivity contribution in [2.75, 3.05) is 5.32 Å². The zero-order valence-corrected chi connectivity index (χ0v) is 11.6. The Morgan fingerprint density at radius 2 is 2.19 bits per heavy atom. The maximum absolute atomic E-state index is 11.4. The predicted octanol–water partition coefficient (Wildman–Crippen LogP) is 0.466. The minimum absolute atomic E-state index is 0.0327. The van der Waals surface area contributed by atoms with E-state index in [1.165, 1.54) is 25.1 Å². The van der Waals surface area contributed by atoms with Gasteiger partial charge in [0.1, 0.15) is 0 Å². The molecule has 0 aliphatic heterocycles. The molecule has 1 amide bonds. The van der Waals surface area contributed by atoms with E-state index in [-0.39, 0.29) is 14.7 Å². The second kappa shape index (κ2) is 5.16. The summed E-state index contributed by atoms with van der Waals surface area (Å²) in [6, 6.07) is 4.18. The maximum atomic E-state index is 11.4. The van der Waals surface area contributed by atoms with Crippen molar-refractivity contribution in [1.82, 2.24) is 0 Å². The normalized spacial score (nSPS) is 14.2. The number of amides is 1. The Morgan fingerprint density at radius 1 is 1.56 bits per heavy atom. The number of halogens is 1. The van der Waals surface area contributed by atoms with Gasteiger partial charge in [0.05, 0.1) is 0 Å². The molecule has 0 aliphatic carbocycles. The molecule has 1 unspecified atom stereocenters. The van der Waals surface area contributed by atoms with Gasteiger partial charge in [-0.15, -0.1) is 0 Å². The van der Waals surface area contributed by atoms with Crippen LogP contribution in [0.1, 0.15) is 6.92 Å². The summed E-state index contributed by atoms with van der Waals surface area (Å²) in [4.78, 5) is 10.8. The first kappa shape index (κ1) is 13.5. The number of anilines is 1. The van der Waals surface area contributed by atoms with Crippen molar-refractivity contribution in [1.29, 1.82) is 0 Å². The fourth-order valence-electron chi connectivity index (χ4n) is 1.06. The molecule has 0 radical (unpaired) electrons. The monoisotopic (exact) mass is 353 g/mol. The fourth-order valence-corrected chi connectivity index (χ4v) is 4.04. The third-order valence-electron chi connectivity index (χ3n) is 1.68. The van der Waals surface area contributed by atoms with Gasteiger partial charge < -0.3 is 0 Å². The van der Waals surface area contributed by atoms with Crippen LogP contribution in [-0.4, -0.2) is 29.4 Å². The first-order valence-electron chi connectivity index (χ1n) is 4.10. The van der Waals surface area contributed by atoms with Crippen molar-refractivity contribution >= 4 is 46.0 Å². The summed E-state index contributed by atoms with van der Waals surface area (Å²) in [5, 5.41) is 10.8. The van der Waals surface area contributed by atoms with Crippen molar-refractivity contribution in [2.24, 2.45) is 0 Å². The third-order valence-corrected chi connectivity index (χ3v) is 5.57. The molecule has 1 aromatic carbocycles. The Balaban J connectivity index is 3.10. The van der Waals surface area contributed by atoms with Gasteiger partial charge in [-0.25, -0.2) is 0 Å². The number of nitrogens with one attached hydrogen (secondary N) is 1. The minimum atomic E-state index is -4.86. The second-order valence-electron chi connectivity index (χ2n) is 2.95. The zero-order chi connectivity index (χ0) is 12.3. The quantitative estimate of drug-likeness (QED) is 0.417. The standard InChI is InChI=1S/C8H9AsBrNO5/c1-5(12)11-6-2-3-7(8(10)4-6)9(13,14)16-15/h2-4,15H,1H3,(H,11,12)(H,13,14). The van der Waals surface area contributed by atoms with E-state index < -0.39 is 14.2 Å². The molecule has 1 rings (SSSR count). The van der Waals surface area contributed by atoms with Gasteiger partial charge in [0.15, 0.2) is 0 Å². The van der Waals surface area contributed by atoms with Gasteiger partial charge >= 0.3 is 103 Å². The fraction of sp³-hybridized carbons (Fsp3) is 0.125. The number of rotatable bonds is 3. The summed E-state index contributed by atoms with van der Waals surface area (Å²) >= 11 is -1.81. The van der Waals surface area contributed by atoms with Crippen LogP contribution in [-0.2, 0) is 12.4 Å². The van der Waals surface area contributed by atoms with E-state index in [2.05, 4.69) is 25.1 Å². The topological polar surface area (TPSA) is 95.9 Å². The van der Waals surface area contributed by atoms with Gasteiger partial charge in [0.2, 0.25) is 0 Å². The van der Waals surface area contributed by atoms with Gasteiger partial charge in [-0.05, 0) is 0 Å². The molecule has 0 spiro atoms. The molecule has 88 valence electrons. The Hall–Kier alpha value is -0.592. The van der Waals surface area contributed by atoms with Crippen LogP contribution in [0.2, 0.25) is 0 Å². The average Bonchev–Trinajstić information content (AvgIpc) is 2.16. The predicted molar refractivity (Wildman–Crippen MR) is 60.5 cm³/mol. The molecule has 6 nitrogen and oxygen atoms in total. The van der Waals surface area contributed by atoms with E-state index in [9.17, 15) is 12.6 Å².